The predicted molar refractivity (Wildman–Crippen MR) is 83.2 cm³/mol. The number of carbonyl (C=O) groups is 2. The highest BCUT2D eigenvalue weighted by molar-refractivity contribution is 8.14. The summed E-state index contributed by atoms with van der Waals surface area (Å²) >= 11 is 1.13. The van der Waals surface area contributed by atoms with E-state index in [1.807, 2.05) is 31.2 Å². The van der Waals surface area contributed by atoms with Gasteiger partial charge in [-0.05, 0) is 37.7 Å². The molecule has 21 heavy (non-hydrogen) atoms. The van der Waals surface area contributed by atoms with Crippen LogP contribution in [-0.4, -0.2) is 42.2 Å². The summed E-state index contributed by atoms with van der Waals surface area (Å²) in [5.74, 6) is -0.0869. The Hall–Kier alpha value is -1.59. The quantitative estimate of drug-likeness (QED) is 0.635. The molecule has 5 heteroatoms. The first-order valence-electron chi connectivity index (χ1n) is 6.90. The lowest BCUT2D eigenvalue weighted by atomic mass is 10.2. The monoisotopic (exact) mass is 305 g/mol. The number of carbonyl (C=O) groups excluding carboxylic acids is 2. The molecule has 1 amide bonds. The van der Waals surface area contributed by atoms with E-state index < -0.39 is 0 Å². The minimum atomic E-state index is -0.127. The van der Waals surface area contributed by atoms with Gasteiger partial charge in [0.2, 0.25) is 11.0 Å². The number of aryl methyl sites for hydroxylation is 1. The SMILES string of the molecule is C/C(=C/C(=O)Sc1ccc(C)cc1)C(=O)N1CCOCC1. The van der Waals surface area contributed by atoms with Crippen LogP contribution in [0.25, 0.3) is 0 Å². The molecule has 0 unspecified atom stereocenters. The molecule has 112 valence electrons. The Morgan fingerprint density at radius 1 is 1.19 bits per heavy atom. The van der Waals surface area contributed by atoms with Crippen molar-refractivity contribution in [1.29, 1.82) is 0 Å². The molecular formula is C16H19NO3S. The van der Waals surface area contributed by atoms with Gasteiger partial charge in [0.05, 0.1) is 13.2 Å². The van der Waals surface area contributed by atoms with Crippen molar-refractivity contribution in [2.45, 2.75) is 18.7 Å². The number of hydrogen-bond acceptors (Lipinski definition) is 4. The highest BCUT2D eigenvalue weighted by Gasteiger charge is 2.18. The van der Waals surface area contributed by atoms with Gasteiger partial charge >= 0.3 is 0 Å². The maximum Gasteiger partial charge on any atom is 0.249 e. The first kappa shape index (κ1) is 15.8. The van der Waals surface area contributed by atoms with Crippen LogP contribution in [0.5, 0.6) is 0 Å². The molecule has 1 heterocycles. The summed E-state index contributed by atoms with van der Waals surface area (Å²) in [6.45, 7) is 5.98. The third-order valence-corrected chi connectivity index (χ3v) is 4.04. The van der Waals surface area contributed by atoms with Gasteiger partial charge in [0.25, 0.3) is 0 Å². The Bertz CT molecular complexity index is 545. The summed E-state index contributed by atoms with van der Waals surface area (Å²) in [6, 6.07) is 7.74. The highest BCUT2D eigenvalue weighted by Crippen LogP contribution is 2.20. The number of ether oxygens (including phenoxy) is 1. The molecule has 1 saturated heterocycles. The molecule has 0 bridgehead atoms. The van der Waals surface area contributed by atoms with E-state index in [0.717, 1.165) is 22.2 Å². The fraction of sp³-hybridized carbons (Fsp3) is 0.375. The molecule has 4 nitrogen and oxygen atoms in total. The number of amides is 1. The van der Waals surface area contributed by atoms with E-state index in [0.29, 0.717) is 31.9 Å². The van der Waals surface area contributed by atoms with Crippen LogP contribution in [0.1, 0.15) is 12.5 Å². The highest BCUT2D eigenvalue weighted by atomic mass is 32.2. The summed E-state index contributed by atoms with van der Waals surface area (Å²) in [6.07, 6.45) is 1.42. The van der Waals surface area contributed by atoms with Gasteiger partial charge in [-0.15, -0.1) is 0 Å². The van der Waals surface area contributed by atoms with E-state index >= 15 is 0 Å². The molecule has 0 aromatic heterocycles. The zero-order valence-corrected chi connectivity index (χ0v) is 13.1. The summed E-state index contributed by atoms with van der Waals surface area (Å²) in [5, 5.41) is -0.127. The Kier molecular flexibility index (Phi) is 5.59. The van der Waals surface area contributed by atoms with Gasteiger partial charge in [-0.2, -0.15) is 0 Å². The van der Waals surface area contributed by atoms with Gasteiger partial charge in [0, 0.05) is 29.6 Å². The molecule has 1 aromatic carbocycles. The van der Waals surface area contributed by atoms with E-state index in [-0.39, 0.29) is 11.0 Å². The number of nitrogens with zero attached hydrogens (tertiary/aromatic N) is 1. The van der Waals surface area contributed by atoms with Crippen molar-refractivity contribution in [2.24, 2.45) is 0 Å². The molecule has 0 atom stereocenters. The molecule has 1 aromatic rings. The summed E-state index contributed by atoms with van der Waals surface area (Å²) < 4.78 is 5.21. The van der Waals surface area contributed by atoms with Gasteiger partial charge in [0.15, 0.2) is 0 Å². The molecule has 2 rings (SSSR count). The zero-order chi connectivity index (χ0) is 15.2. The van der Waals surface area contributed by atoms with Crippen LogP contribution >= 0.6 is 11.8 Å². The number of benzene rings is 1. The summed E-state index contributed by atoms with van der Waals surface area (Å²) in [4.78, 5) is 26.8. The van der Waals surface area contributed by atoms with Crippen LogP contribution in [0.15, 0.2) is 40.8 Å². The van der Waals surface area contributed by atoms with Crippen LogP contribution in [-0.2, 0) is 14.3 Å². The van der Waals surface area contributed by atoms with Crippen LogP contribution in [0, 0.1) is 6.92 Å². The lowest BCUT2D eigenvalue weighted by Gasteiger charge is -2.27. The van der Waals surface area contributed by atoms with Crippen molar-refractivity contribution in [1.82, 2.24) is 4.90 Å². The van der Waals surface area contributed by atoms with E-state index in [1.165, 1.54) is 6.08 Å². The number of thioether (sulfide) groups is 1. The van der Waals surface area contributed by atoms with E-state index in [9.17, 15) is 9.59 Å². The van der Waals surface area contributed by atoms with Gasteiger partial charge in [-0.3, -0.25) is 9.59 Å². The number of rotatable bonds is 3. The fourth-order valence-electron chi connectivity index (χ4n) is 2.01. The summed E-state index contributed by atoms with van der Waals surface area (Å²) in [7, 11) is 0. The van der Waals surface area contributed by atoms with Crippen molar-refractivity contribution in [3.63, 3.8) is 0 Å². The van der Waals surface area contributed by atoms with Crippen LogP contribution in [0.3, 0.4) is 0 Å². The number of hydrogen-bond donors (Lipinski definition) is 0. The lowest BCUT2D eigenvalue weighted by Crippen LogP contribution is -2.41. The number of morpholine rings is 1. The van der Waals surface area contributed by atoms with Crippen LogP contribution in [0.4, 0.5) is 0 Å². The van der Waals surface area contributed by atoms with Crippen LogP contribution in [0.2, 0.25) is 0 Å². The fourth-order valence-corrected chi connectivity index (χ4v) is 2.75. The average Bonchev–Trinajstić information content (AvgIpc) is 2.49. The van der Waals surface area contributed by atoms with Crippen molar-refractivity contribution in [3.05, 3.63) is 41.5 Å². The molecule has 1 fully saturated rings. The predicted octanol–water partition coefficient (Wildman–Crippen LogP) is 2.42. The van der Waals surface area contributed by atoms with Crippen molar-refractivity contribution in [3.8, 4) is 0 Å². The standard InChI is InChI=1S/C16H19NO3S/c1-12-3-5-14(6-4-12)21-15(18)11-13(2)16(19)17-7-9-20-10-8-17/h3-6,11H,7-10H2,1-2H3/b13-11-. The summed E-state index contributed by atoms with van der Waals surface area (Å²) in [5.41, 5.74) is 1.63. The Balaban J connectivity index is 1.95. The minimum absolute atomic E-state index is 0.0869. The van der Waals surface area contributed by atoms with E-state index in [4.69, 9.17) is 4.74 Å². The molecule has 0 spiro atoms. The van der Waals surface area contributed by atoms with Gasteiger partial charge in [-0.1, -0.05) is 17.7 Å². The minimum Gasteiger partial charge on any atom is -0.378 e. The van der Waals surface area contributed by atoms with Crippen molar-refractivity contribution < 1.29 is 14.3 Å². The first-order valence-corrected chi connectivity index (χ1v) is 7.72. The second kappa shape index (κ2) is 7.43. The third kappa shape index (κ3) is 4.72. The maximum atomic E-state index is 12.2. The molecular weight excluding hydrogens is 286 g/mol. The second-order valence-corrected chi connectivity index (χ2v) is 6.04. The smallest absolute Gasteiger partial charge is 0.249 e. The van der Waals surface area contributed by atoms with Crippen LogP contribution < -0.4 is 0 Å². The lowest BCUT2D eigenvalue weighted by molar-refractivity contribution is -0.131. The van der Waals surface area contributed by atoms with E-state index in [1.54, 1.807) is 11.8 Å². The normalized spacial score (nSPS) is 15.9. The van der Waals surface area contributed by atoms with Crippen molar-refractivity contribution >= 4 is 22.8 Å². The van der Waals surface area contributed by atoms with Gasteiger partial charge in [0.1, 0.15) is 0 Å². The van der Waals surface area contributed by atoms with Gasteiger partial charge in [-0.25, -0.2) is 0 Å². The zero-order valence-electron chi connectivity index (χ0n) is 12.3. The van der Waals surface area contributed by atoms with Gasteiger partial charge < -0.3 is 9.64 Å². The molecule has 1 aliphatic heterocycles. The van der Waals surface area contributed by atoms with E-state index in [2.05, 4.69) is 0 Å². The largest absolute Gasteiger partial charge is 0.378 e. The molecule has 1 aliphatic rings. The topological polar surface area (TPSA) is 46.6 Å². The first-order chi connectivity index (χ1) is 10.1. The molecule has 0 N–H and O–H groups in total. The molecule has 0 aliphatic carbocycles. The Morgan fingerprint density at radius 3 is 2.43 bits per heavy atom. The molecule has 0 radical (unpaired) electrons. The third-order valence-electron chi connectivity index (χ3n) is 3.21. The second-order valence-electron chi connectivity index (χ2n) is 4.97. The Morgan fingerprint density at radius 2 is 1.81 bits per heavy atom. The average molecular weight is 305 g/mol. The maximum absolute atomic E-state index is 12.2. The van der Waals surface area contributed by atoms with Crippen molar-refractivity contribution in [2.75, 3.05) is 26.3 Å². The Labute approximate surface area is 129 Å². The molecule has 0 saturated carbocycles.